The molecule has 1 N–H and O–H groups in total. The molecule has 0 spiro atoms. The SMILES string of the molecule is COc1ccc(C(=O)C(=O)NCc2ccncc2)cc1. The number of hydrogen-bond acceptors (Lipinski definition) is 4. The fraction of sp³-hybridized carbons (Fsp3) is 0.133. The van der Waals surface area contributed by atoms with Crippen LogP contribution in [0.3, 0.4) is 0 Å². The zero-order valence-electron chi connectivity index (χ0n) is 11.0. The van der Waals surface area contributed by atoms with Crippen molar-refractivity contribution in [1.82, 2.24) is 10.3 Å². The summed E-state index contributed by atoms with van der Waals surface area (Å²) in [6, 6.07) is 9.96. The third kappa shape index (κ3) is 3.41. The van der Waals surface area contributed by atoms with Crippen LogP contribution in [0.1, 0.15) is 15.9 Å². The molecule has 102 valence electrons. The summed E-state index contributed by atoms with van der Waals surface area (Å²) in [5.74, 6) is -0.563. The maximum atomic E-state index is 11.9. The number of nitrogens with zero attached hydrogens (tertiary/aromatic N) is 1. The molecule has 0 radical (unpaired) electrons. The number of Topliss-reactive ketones (excluding diaryl/α,β-unsaturated/α-hetero) is 1. The number of aromatic nitrogens is 1. The standard InChI is InChI=1S/C15H14N2O3/c1-20-13-4-2-12(3-5-13)14(18)15(19)17-10-11-6-8-16-9-7-11/h2-9H,10H2,1H3,(H,17,19). The first-order chi connectivity index (χ1) is 9.70. The Kier molecular flexibility index (Phi) is 4.44. The first-order valence-electron chi connectivity index (χ1n) is 6.06. The van der Waals surface area contributed by atoms with Gasteiger partial charge in [-0.15, -0.1) is 0 Å². The van der Waals surface area contributed by atoms with Gasteiger partial charge in [0.15, 0.2) is 0 Å². The fourth-order valence-electron chi connectivity index (χ4n) is 1.64. The van der Waals surface area contributed by atoms with Gasteiger partial charge >= 0.3 is 0 Å². The minimum Gasteiger partial charge on any atom is -0.497 e. The summed E-state index contributed by atoms with van der Waals surface area (Å²) in [4.78, 5) is 27.5. The lowest BCUT2D eigenvalue weighted by Gasteiger charge is -2.05. The molecule has 2 aromatic rings. The summed E-state index contributed by atoms with van der Waals surface area (Å²) in [6.45, 7) is 0.295. The highest BCUT2D eigenvalue weighted by Gasteiger charge is 2.15. The van der Waals surface area contributed by atoms with Crippen molar-refractivity contribution in [2.45, 2.75) is 6.54 Å². The Balaban J connectivity index is 1.96. The Morgan fingerprint density at radius 3 is 2.35 bits per heavy atom. The minimum atomic E-state index is -0.632. The third-order valence-corrected chi connectivity index (χ3v) is 2.76. The van der Waals surface area contributed by atoms with Crippen LogP contribution in [0.25, 0.3) is 0 Å². The summed E-state index contributed by atoms with van der Waals surface area (Å²) in [5, 5.41) is 2.58. The number of pyridine rings is 1. The number of nitrogens with one attached hydrogen (secondary N) is 1. The molecular formula is C15H14N2O3. The van der Waals surface area contributed by atoms with E-state index < -0.39 is 11.7 Å². The van der Waals surface area contributed by atoms with Gasteiger partial charge in [0.25, 0.3) is 5.91 Å². The highest BCUT2D eigenvalue weighted by atomic mass is 16.5. The van der Waals surface area contributed by atoms with Gasteiger partial charge in [-0.3, -0.25) is 14.6 Å². The Labute approximate surface area is 116 Å². The number of carbonyl (C=O) groups excluding carboxylic acids is 2. The molecule has 1 amide bonds. The van der Waals surface area contributed by atoms with E-state index in [2.05, 4.69) is 10.3 Å². The Morgan fingerprint density at radius 1 is 1.10 bits per heavy atom. The molecule has 1 aromatic carbocycles. The smallest absolute Gasteiger partial charge is 0.292 e. The van der Waals surface area contributed by atoms with E-state index in [1.54, 1.807) is 48.8 Å². The van der Waals surface area contributed by atoms with E-state index >= 15 is 0 Å². The average molecular weight is 270 g/mol. The number of ether oxygens (including phenoxy) is 1. The van der Waals surface area contributed by atoms with Gasteiger partial charge in [0.2, 0.25) is 5.78 Å². The van der Waals surface area contributed by atoms with Gasteiger partial charge in [-0.05, 0) is 42.0 Å². The molecule has 0 aliphatic heterocycles. The minimum absolute atomic E-state index is 0.295. The third-order valence-electron chi connectivity index (χ3n) is 2.76. The molecule has 20 heavy (non-hydrogen) atoms. The topological polar surface area (TPSA) is 68.3 Å². The van der Waals surface area contributed by atoms with Crippen LogP contribution in [-0.2, 0) is 11.3 Å². The summed E-state index contributed by atoms with van der Waals surface area (Å²) in [6.07, 6.45) is 3.26. The van der Waals surface area contributed by atoms with Crippen LogP contribution >= 0.6 is 0 Å². The van der Waals surface area contributed by atoms with Crippen molar-refractivity contribution in [1.29, 1.82) is 0 Å². The van der Waals surface area contributed by atoms with Gasteiger partial charge in [-0.1, -0.05) is 0 Å². The second-order valence-corrected chi connectivity index (χ2v) is 4.10. The van der Waals surface area contributed by atoms with Crippen molar-refractivity contribution in [3.8, 4) is 5.75 Å². The van der Waals surface area contributed by atoms with E-state index in [0.717, 1.165) is 5.56 Å². The maximum absolute atomic E-state index is 11.9. The molecule has 0 saturated heterocycles. The molecule has 0 aliphatic rings. The van der Waals surface area contributed by atoms with Crippen LogP contribution in [-0.4, -0.2) is 23.8 Å². The van der Waals surface area contributed by atoms with Crippen molar-refractivity contribution in [3.05, 3.63) is 59.9 Å². The van der Waals surface area contributed by atoms with Gasteiger partial charge < -0.3 is 10.1 Å². The summed E-state index contributed by atoms with van der Waals surface area (Å²) in [5.41, 5.74) is 1.22. The van der Waals surface area contributed by atoms with Gasteiger partial charge in [0.1, 0.15) is 5.75 Å². The van der Waals surface area contributed by atoms with E-state index in [1.165, 1.54) is 7.11 Å². The van der Waals surface area contributed by atoms with Gasteiger partial charge in [0, 0.05) is 24.5 Å². The summed E-state index contributed by atoms with van der Waals surface area (Å²) in [7, 11) is 1.54. The predicted octanol–water partition coefficient (Wildman–Crippen LogP) is 1.59. The molecule has 5 heteroatoms. The number of rotatable bonds is 5. The van der Waals surface area contributed by atoms with E-state index in [1.807, 2.05) is 0 Å². The van der Waals surface area contributed by atoms with Crippen LogP contribution in [0.2, 0.25) is 0 Å². The van der Waals surface area contributed by atoms with Gasteiger partial charge in [0.05, 0.1) is 7.11 Å². The molecule has 0 saturated carbocycles. The Hall–Kier alpha value is -2.69. The number of benzene rings is 1. The second-order valence-electron chi connectivity index (χ2n) is 4.10. The van der Waals surface area contributed by atoms with Crippen molar-refractivity contribution in [3.63, 3.8) is 0 Å². The molecular weight excluding hydrogens is 256 g/mol. The zero-order chi connectivity index (χ0) is 14.4. The van der Waals surface area contributed by atoms with E-state index in [0.29, 0.717) is 17.9 Å². The van der Waals surface area contributed by atoms with Crippen molar-refractivity contribution in [2.75, 3.05) is 7.11 Å². The summed E-state index contributed by atoms with van der Waals surface area (Å²) < 4.78 is 5.00. The predicted molar refractivity (Wildman–Crippen MR) is 73.4 cm³/mol. The van der Waals surface area contributed by atoms with Crippen LogP contribution < -0.4 is 10.1 Å². The van der Waals surface area contributed by atoms with E-state index in [-0.39, 0.29) is 0 Å². The van der Waals surface area contributed by atoms with Gasteiger partial charge in [-0.2, -0.15) is 0 Å². The quantitative estimate of drug-likeness (QED) is 0.661. The molecule has 0 unspecified atom stereocenters. The lowest BCUT2D eigenvalue weighted by Crippen LogP contribution is -2.30. The highest BCUT2D eigenvalue weighted by Crippen LogP contribution is 2.11. The average Bonchev–Trinajstić information content (AvgIpc) is 2.53. The lowest BCUT2D eigenvalue weighted by atomic mass is 10.1. The lowest BCUT2D eigenvalue weighted by molar-refractivity contribution is -0.117. The van der Waals surface area contributed by atoms with Crippen molar-refractivity contribution in [2.24, 2.45) is 0 Å². The normalized spacial score (nSPS) is 9.85. The summed E-state index contributed by atoms with van der Waals surface area (Å²) >= 11 is 0. The van der Waals surface area contributed by atoms with E-state index in [9.17, 15) is 9.59 Å². The number of ketones is 1. The van der Waals surface area contributed by atoms with Crippen LogP contribution in [0, 0.1) is 0 Å². The monoisotopic (exact) mass is 270 g/mol. The van der Waals surface area contributed by atoms with Crippen LogP contribution in [0.4, 0.5) is 0 Å². The molecule has 1 heterocycles. The number of amides is 1. The second kappa shape index (κ2) is 6.47. The van der Waals surface area contributed by atoms with Crippen molar-refractivity contribution >= 4 is 11.7 Å². The zero-order valence-corrected chi connectivity index (χ0v) is 11.0. The Bertz CT molecular complexity index is 594. The molecule has 2 rings (SSSR count). The number of methoxy groups -OCH3 is 1. The maximum Gasteiger partial charge on any atom is 0.292 e. The first-order valence-corrected chi connectivity index (χ1v) is 6.06. The van der Waals surface area contributed by atoms with E-state index in [4.69, 9.17) is 4.74 Å². The van der Waals surface area contributed by atoms with Crippen LogP contribution in [0.5, 0.6) is 5.75 Å². The molecule has 0 atom stereocenters. The molecule has 1 aromatic heterocycles. The van der Waals surface area contributed by atoms with Crippen LogP contribution in [0.15, 0.2) is 48.8 Å². The fourth-order valence-corrected chi connectivity index (χ4v) is 1.64. The molecule has 0 bridgehead atoms. The number of hydrogen-bond donors (Lipinski definition) is 1. The number of carbonyl (C=O) groups is 2. The first kappa shape index (κ1) is 13.7. The Morgan fingerprint density at radius 2 is 1.75 bits per heavy atom. The molecule has 5 nitrogen and oxygen atoms in total. The van der Waals surface area contributed by atoms with Gasteiger partial charge in [-0.25, -0.2) is 0 Å². The van der Waals surface area contributed by atoms with Crippen molar-refractivity contribution < 1.29 is 14.3 Å². The highest BCUT2D eigenvalue weighted by molar-refractivity contribution is 6.42. The molecule has 0 fully saturated rings. The largest absolute Gasteiger partial charge is 0.497 e. The molecule has 0 aliphatic carbocycles.